The van der Waals surface area contributed by atoms with Crippen molar-refractivity contribution in [2.24, 2.45) is 16.8 Å². The van der Waals surface area contributed by atoms with E-state index in [1.807, 2.05) is 32.2 Å². The fourth-order valence-electron chi connectivity index (χ4n) is 4.10. The summed E-state index contributed by atoms with van der Waals surface area (Å²) in [4.78, 5) is 29.8. The van der Waals surface area contributed by atoms with Gasteiger partial charge in [-0.25, -0.2) is 15.2 Å². The highest BCUT2D eigenvalue weighted by atomic mass is 79.9. The van der Waals surface area contributed by atoms with Gasteiger partial charge in [0.05, 0.1) is 7.11 Å². The Labute approximate surface area is 180 Å². The molecule has 1 fully saturated rings. The number of nitrogens with zero attached hydrogens (tertiary/aromatic N) is 2. The Morgan fingerprint density at radius 1 is 1.21 bits per heavy atom. The van der Waals surface area contributed by atoms with Gasteiger partial charge in [-0.05, 0) is 50.0 Å². The third-order valence-corrected chi connectivity index (χ3v) is 6.16. The number of carbonyl (C=O) groups excluding carboxylic acids is 2. The molecule has 0 aromatic heterocycles. The molecule has 6 nitrogen and oxygen atoms in total. The van der Waals surface area contributed by atoms with Crippen LogP contribution in [0.5, 0.6) is 0 Å². The second kappa shape index (κ2) is 9.57. The largest absolute Gasteiger partial charge is 0.452 e. The highest BCUT2D eigenvalue weighted by molar-refractivity contribution is 9.10. The first-order valence-electron chi connectivity index (χ1n) is 10.1. The third-order valence-electron chi connectivity index (χ3n) is 5.63. The van der Waals surface area contributed by atoms with Crippen LogP contribution >= 0.6 is 15.9 Å². The minimum Gasteiger partial charge on any atom is -0.452 e. The minimum absolute atomic E-state index is 0.0603. The number of halogens is 1. The summed E-state index contributed by atoms with van der Waals surface area (Å²) in [5, 5.41) is 1.41. The Hall–Kier alpha value is -2.15. The van der Waals surface area contributed by atoms with Gasteiger partial charge in [0.2, 0.25) is 5.91 Å². The summed E-state index contributed by atoms with van der Waals surface area (Å²) in [6, 6.07) is 8.06. The van der Waals surface area contributed by atoms with Crippen molar-refractivity contribution in [2.45, 2.75) is 52.0 Å². The summed E-state index contributed by atoms with van der Waals surface area (Å²) < 4.78 is 5.73. The number of ether oxygens (including phenoxy) is 1. The number of hydrogen-bond donors (Lipinski definition) is 1. The topological polar surface area (TPSA) is 71.0 Å². The molecule has 0 bridgehead atoms. The van der Waals surface area contributed by atoms with E-state index < -0.39 is 6.09 Å². The maximum absolute atomic E-state index is 13.3. The number of hydrogen-bond acceptors (Lipinski definition) is 4. The summed E-state index contributed by atoms with van der Waals surface area (Å²) in [7, 11) is 1.30. The molecule has 7 heteroatoms. The number of allylic oxidation sites excluding steroid dienone is 1. The highest BCUT2D eigenvalue weighted by Gasteiger charge is 2.38. The van der Waals surface area contributed by atoms with Crippen LogP contribution in [0.2, 0.25) is 0 Å². The van der Waals surface area contributed by atoms with Crippen molar-refractivity contribution in [3.8, 4) is 0 Å². The van der Waals surface area contributed by atoms with Gasteiger partial charge in [0.1, 0.15) is 0 Å². The molecule has 0 saturated heterocycles. The SMILES string of the molecule is COC(=O)NN(C(=O)[C@@H]1CCCC[C@@H]1C1=NC=C(c2ccc(Br)cc2)C1)C(C)C. The summed E-state index contributed by atoms with van der Waals surface area (Å²) in [5.74, 6) is -0.143. The zero-order chi connectivity index (χ0) is 21.0. The van der Waals surface area contributed by atoms with Gasteiger partial charge >= 0.3 is 6.09 Å². The average Bonchev–Trinajstić information content (AvgIpc) is 3.21. The normalized spacial score (nSPS) is 21.4. The van der Waals surface area contributed by atoms with Crippen LogP contribution in [0.1, 0.15) is 51.5 Å². The fourth-order valence-corrected chi connectivity index (χ4v) is 4.37. The van der Waals surface area contributed by atoms with Gasteiger partial charge in [0.25, 0.3) is 0 Å². The van der Waals surface area contributed by atoms with Gasteiger partial charge in [-0.2, -0.15) is 0 Å². The molecule has 1 aromatic rings. The molecule has 1 N–H and O–H groups in total. The number of rotatable bonds is 4. The van der Waals surface area contributed by atoms with Crippen molar-refractivity contribution in [3.63, 3.8) is 0 Å². The Morgan fingerprint density at radius 2 is 1.90 bits per heavy atom. The molecule has 3 rings (SSSR count). The van der Waals surface area contributed by atoms with E-state index in [1.165, 1.54) is 17.7 Å². The van der Waals surface area contributed by atoms with Gasteiger partial charge in [-0.15, -0.1) is 0 Å². The number of carbonyl (C=O) groups is 2. The Kier molecular flexibility index (Phi) is 7.11. The van der Waals surface area contributed by atoms with Gasteiger partial charge in [0.15, 0.2) is 0 Å². The maximum atomic E-state index is 13.3. The van der Waals surface area contributed by atoms with E-state index in [0.29, 0.717) is 0 Å². The lowest BCUT2D eigenvalue weighted by Gasteiger charge is -2.36. The molecule has 1 saturated carbocycles. The quantitative estimate of drug-likeness (QED) is 0.644. The van der Waals surface area contributed by atoms with E-state index in [0.717, 1.165) is 47.9 Å². The Morgan fingerprint density at radius 3 is 2.55 bits per heavy atom. The summed E-state index contributed by atoms with van der Waals surface area (Å²) in [6.07, 6.45) is 5.93. The molecule has 0 radical (unpaired) electrons. The lowest BCUT2D eigenvalue weighted by Crippen LogP contribution is -2.54. The number of aliphatic imine (C=N–C) groups is 1. The first kappa shape index (κ1) is 21.6. The molecule has 0 spiro atoms. The second-order valence-corrected chi connectivity index (χ2v) is 8.78. The van der Waals surface area contributed by atoms with Crippen molar-refractivity contribution < 1.29 is 14.3 Å². The summed E-state index contributed by atoms with van der Waals surface area (Å²) in [6.45, 7) is 3.76. The van der Waals surface area contributed by atoms with Crippen LogP contribution in [0.4, 0.5) is 4.79 Å². The molecule has 2 aliphatic rings. The first-order chi connectivity index (χ1) is 13.9. The molecular formula is C22H28BrN3O3. The molecule has 1 aromatic carbocycles. The predicted molar refractivity (Wildman–Crippen MR) is 117 cm³/mol. The van der Waals surface area contributed by atoms with E-state index in [4.69, 9.17) is 4.99 Å². The number of methoxy groups -OCH3 is 1. The fraction of sp³-hybridized carbons (Fsp3) is 0.500. The van der Waals surface area contributed by atoms with E-state index in [1.54, 1.807) is 0 Å². The molecule has 2 amide bonds. The Bertz CT molecular complexity index is 817. The lowest BCUT2D eigenvalue weighted by atomic mass is 9.74. The van der Waals surface area contributed by atoms with Gasteiger partial charge in [0, 0.05) is 40.7 Å². The molecule has 29 heavy (non-hydrogen) atoms. The van der Waals surface area contributed by atoms with E-state index in [2.05, 4.69) is 38.2 Å². The summed E-state index contributed by atoms with van der Waals surface area (Å²) >= 11 is 3.47. The van der Waals surface area contributed by atoms with E-state index >= 15 is 0 Å². The van der Waals surface area contributed by atoms with Crippen LogP contribution < -0.4 is 5.43 Å². The van der Waals surface area contributed by atoms with Crippen molar-refractivity contribution in [1.82, 2.24) is 10.4 Å². The number of benzene rings is 1. The van der Waals surface area contributed by atoms with E-state index in [-0.39, 0.29) is 23.8 Å². The molecular weight excluding hydrogens is 434 g/mol. The molecule has 2 atom stereocenters. The van der Waals surface area contributed by atoms with Crippen LogP contribution in [0, 0.1) is 11.8 Å². The molecule has 0 unspecified atom stereocenters. The van der Waals surface area contributed by atoms with E-state index in [9.17, 15) is 9.59 Å². The van der Waals surface area contributed by atoms with Crippen LogP contribution in [-0.4, -0.2) is 35.9 Å². The zero-order valence-electron chi connectivity index (χ0n) is 17.2. The molecule has 1 heterocycles. The van der Waals surface area contributed by atoms with Crippen molar-refractivity contribution >= 4 is 39.2 Å². The predicted octanol–water partition coefficient (Wildman–Crippen LogP) is 4.95. The van der Waals surface area contributed by atoms with Crippen LogP contribution in [0.3, 0.4) is 0 Å². The zero-order valence-corrected chi connectivity index (χ0v) is 18.7. The smallest absolute Gasteiger partial charge is 0.425 e. The third kappa shape index (κ3) is 5.07. The number of nitrogens with one attached hydrogen (secondary N) is 1. The van der Waals surface area contributed by atoms with Gasteiger partial charge in [-0.3, -0.25) is 9.79 Å². The van der Waals surface area contributed by atoms with Crippen molar-refractivity contribution in [3.05, 3.63) is 40.5 Å². The minimum atomic E-state index is -0.628. The van der Waals surface area contributed by atoms with Gasteiger partial charge in [-0.1, -0.05) is 40.9 Å². The van der Waals surface area contributed by atoms with Crippen LogP contribution in [-0.2, 0) is 9.53 Å². The number of hydrazine groups is 1. The highest BCUT2D eigenvalue weighted by Crippen LogP contribution is 2.37. The van der Waals surface area contributed by atoms with Crippen molar-refractivity contribution in [1.29, 1.82) is 0 Å². The standard InChI is InChI=1S/C22H28BrN3O3/c1-14(2)26(25-22(28)29-3)21(27)19-7-5-4-6-18(19)20-12-16(13-24-20)15-8-10-17(23)11-9-15/h8-11,13-14,18-19H,4-7,12H2,1-3H3,(H,25,28)/t18-,19+/m0/s1. The van der Waals surface area contributed by atoms with Crippen LogP contribution in [0.25, 0.3) is 5.57 Å². The van der Waals surface area contributed by atoms with Crippen molar-refractivity contribution in [2.75, 3.05) is 7.11 Å². The molecule has 156 valence electrons. The molecule has 1 aliphatic carbocycles. The Balaban J connectivity index is 1.73. The maximum Gasteiger partial charge on any atom is 0.425 e. The molecule has 1 aliphatic heterocycles. The monoisotopic (exact) mass is 461 g/mol. The number of amides is 2. The second-order valence-electron chi connectivity index (χ2n) is 7.86. The summed E-state index contributed by atoms with van der Waals surface area (Å²) in [5.41, 5.74) is 5.98. The first-order valence-corrected chi connectivity index (χ1v) is 10.9. The van der Waals surface area contributed by atoms with Gasteiger partial charge < -0.3 is 4.74 Å². The van der Waals surface area contributed by atoms with Crippen LogP contribution in [0.15, 0.2) is 39.9 Å². The lowest BCUT2D eigenvalue weighted by molar-refractivity contribution is -0.142. The average molecular weight is 462 g/mol.